The van der Waals surface area contributed by atoms with E-state index in [9.17, 15) is 4.79 Å². The summed E-state index contributed by atoms with van der Waals surface area (Å²) < 4.78 is 5.38. The second-order valence-electron chi connectivity index (χ2n) is 6.31. The molecule has 2 N–H and O–H groups in total. The molecule has 0 aliphatic carbocycles. The Kier molecular flexibility index (Phi) is 4.78. The molecule has 1 unspecified atom stereocenters. The van der Waals surface area contributed by atoms with Crippen molar-refractivity contribution < 1.29 is 9.53 Å². The Morgan fingerprint density at radius 2 is 1.67 bits per heavy atom. The Labute approximate surface area is 93.4 Å². The summed E-state index contributed by atoms with van der Waals surface area (Å²) in [7, 11) is 0. The van der Waals surface area contributed by atoms with Crippen LogP contribution in [0.3, 0.4) is 0 Å². The average Bonchev–Trinajstić information content (AvgIpc) is 1.98. The minimum absolute atomic E-state index is 0.0435. The first-order valence-corrected chi connectivity index (χ1v) is 5.46. The van der Waals surface area contributed by atoms with Gasteiger partial charge in [-0.15, -0.1) is 0 Å². The Bertz CT molecular complexity index is 211. The third-order valence-electron chi connectivity index (χ3n) is 2.20. The second-order valence-corrected chi connectivity index (χ2v) is 6.31. The Morgan fingerprint density at radius 3 is 1.93 bits per heavy atom. The van der Waals surface area contributed by atoms with Crippen molar-refractivity contribution in [3.05, 3.63) is 0 Å². The maximum Gasteiger partial charge on any atom is 0.319 e. The highest BCUT2D eigenvalue weighted by atomic mass is 16.5. The zero-order chi connectivity index (χ0) is 12.3. The topological polar surface area (TPSA) is 52.3 Å². The van der Waals surface area contributed by atoms with E-state index in [0.29, 0.717) is 0 Å². The third kappa shape index (κ3) is 6.50. The van der Waals surface area contributed by atoms with Crippen LogP contribution < -0.4 is 5.73 Å². The standard InChI is InChI=1S/C12H25NO2/c1-11(2,3)7-9(12(4,5)6)15-10(14)8-13/h9H,7-8,13H2,1-6H3. The molecule has 0 aliphatic rings. The number of nitrogens with two attached hydrogens (primary N) is 1. The van der Waals surface area contributed by atoms with Crippen LogP contribution in [0.2, 0.25) is 0 Å². The number of carbonyl (C=O) groups is 1. The molecule has 3 nitrogen and oxygen atoms in total. The number of hydrogen-bond donors (Lipinski definition) is 1. The van der Waals surface area contributed by atoms with E-state index >= 15 is 0 Å². The van der Waals surface area contributed by atoms with Gasteiger partial charge < -0.3 is 10.5 Å². The Hall–Kier alpha value is -0.570. The predicted molar refractivity (Wildman–Crippen MR) is 62.5 cm³/mol. The van der Waals surface area contributed by atoms with Crippen molar-refractivity contribution in [3.8, 4) is 0 Å². The third-order valence-corrected chi connectivity index (χ3v) is 2.20. The molecule has 0 aliphatic heterocycles. The maximum absolute atomic E-state index is 11.2. The predicted octanol–water partition coefficient (Wildman–Crippen LogP) is 2.34. The monoisotopic (exact) mass is 215 g/mol. The summed E-state index contributed by atoms with van der Waals surface area (Å²) in [5.74, 6) is -0.320. The lowest BCUT2D eigenvalue weighted by Gasteiger charge is -2.34. The minimum Gasteiger partial charge on any atom is -0.461 e. The van der Waals surface area contributed by atoms with Gasteiger partial charge in [0.1, 0.15) is 6.10 Å². The van der Waals surface area contributed by atoms with Crippen LogP contribution in [0.25, 0.3) is 0 Å². The van der Waals surface area contributed by atoms with Crippen LogP contribution in [0.5, 0.6) is 0 Å². The van der Waals surface area contributed by atoms with E-state index in [1.165, 1.54) is 0 Å². The largest absolute Gasteiger partial charge is 0.461 e. The Morgan fingerprint density at radius 1 is 1.20 bits per heavy atom. The van der Waals surface area contributed by atoms with Gasteiger partial charge in [-0.25, -0.2) is 0 Å². The van der Waals surface area contributed by atoms with Crippen LogP contribution in [0, 0.1) is 10.8 Å². The highest BCUT2D eigenvalue weighted by molar-refractivity contribution is 5.71. The lowest BCUT2D eigenvalue weighted by molar-refractivity contribution is -0.155. The molecule has 1 atom stereocenters. The van der Waals surface area contributed by atoms with Crippen LogP contribution in [0.4, 0.5) is 0 Å². The quantitative estimate of drug-likeness (QED) is 0.735. The van der Waals surface area contributed by atoms with E-state index in [0.717, 1.165) is 6.42 Å². The molecule has 0 saturated heterocycles. The lowest BCUT2D eigenvalue weighted by Crippen LogP contribution is -2.36. The summed E-state index contributed by atoms with van der Waals surface area (Å²) in [5, 5.41) is 0. The van der Waals surface area contributed by atoms with Crippen molar-refractivity contribution in [2.45, 2.75) is 54.1 Å². The van der Waals surface area contributed by atoms with Crippen LogP contribution in [-0.2, 0) is 9.53 Å². The van der Waals surface area contributed by atoms with Gasteiger partial charge in [0.05, 0.1) is 6.54 Å². The maximum atomic E-state index is 11.2. The van der Waals surface area contributed by atoms with E-state index in [4.69, 9.17) is 10.5 Å². The summed E-state index contributed by atoms with van der Waals surface area (Å²) in [6, 6.07) is 0. The number of esters is 1. The van der Waals surface area contributed by atoms with Crippen molar-refractivity contribution in [2.75, 3.05) is 6.54 Å². The molecule has 0 spiro atoms. The van der Waals surface area contributed by atoms with Crippen LogP contribution in [-0.4, -0.2) is 18.6 Å². The molecular weight excluding hydrogens is 190 g/mol. The van der Waals surface area contributed by atoms with Crippen molar-refractivity contribution in [2.24, 2.45) is 16.6 Å². The molecule has 90 valence electrons. The van der Waals surface area contributed by atoms with Gasteiger partial charge in [-0.1, -0.05) is 41.5 Å². The first kappa shape index (κ1) is 14.4. The molecule has 0 heterocycles. The summed E-state index contributed by atoms with van der Waals surface area (Å²) in [5.41, 5.74) is 5.35. The smallest absolute Gasteiger partial charge is 0.319 e. The number of ether oxygens (including phenoxy) is 1. The van der Waals surface area contributed by atoms with Gasteiger partial charge in [0.2, 0.25) is 0 Å². The molecule has 0 rings (SSSR count). The number of rotatable bonds is 3. The summed E-state index contributed by atoms with van der Waals surface area (Å²) in [4.78, 5) is 11.2. The molecule has 15 heavy (non-hydrogen) atoms. The molecular formula is C12H25NO2. The van der Waals surface area contributed by atoms with E-state index in [2.05, 4.69) is 41.5 Å². The molecule has 0 bridgehead atoms. The van der Waals surface area contributed by atoms with Gasteiger partial charge in [-0.05, 0) is 17.3 Å². The summed E-state index contributed by atoms with van der Waals surface area (Å²) in [6.45, 7) is 12.6. The first-order chi connectivity index (χ1) is 6.56. The first-order valence-electron chi connectivity index (χ1n) is 5.46. The van der Waals surface area contributed by atoms with E-state index in [1.54, 1.807) is 0 Å². The fourth-order valence-corrected chi connectivity index (χ4v) is 1.29. The van der Waals surface area contributed by atoms with E-state index in [1.807, 2.05) is 0 Å². The molecule has 0 aromatic heterocycles. The van der Waals surface area contributed by atoms with Gasteiger partial charge in [0.15, 0.2) is 0 Å². The van der Waals surface area contributed by atoms with Gasteiger partial charge in [0.25, 0.3) is 0 Å². The number of carbonyl (C=O) groups excluding carboxylic acids is 1. The van der Waals surface area contributed by atoms with Crippen molar-refractivity contribution in [1.82, 2.24) is 0 Å². The fraction of sp³-hybridized carbons (Fsp3) is 0.917. The lowest BCUT2D eigenvalue weighted by atomic mass is 9.78. The molecule has 0 radical (unpaired) electrons. The zero-order valence-electron chi connectivity index (χ0n) is 10.9. The van der Waals surface area contributed by atoms with E-state index in [-0.39, 0.29) is 29.4 Å². The highest BCUT2D eigenvalue weighted by Crippen LogP contribution is 2.32. The minimum atomic E-state index is -0.320. The molecule has 3 heteroatoms. The van der Waals surface area contributed by atoms with Crippen LogP contribution >= 0.6 is 0 Å². The Balaban J connectivity index is 4.54. The SMILES string of the molecule is CC(C)(C)CC(OC(=O)CN)C(C)(C)C. The molecule has 0 aromatic carbocycles. The van der Waals surface area contributed by atoms with Gasteiger partial charge in [0, 0.05) is 0 Å². The molecule has 0 fully saturated rings. The molecule has 0 saturated carbocycles. The van der Waals surface area contributed by atoms with E-state index < -0.39 is 0 Å². The number of hydrogen-bond acceptors (Lipinski definition) is 3. The van der Waals surface area contributed by atoms with Crippen molar-refractivity contribution >= 4 is 5.97 Å². The zero-order valence-corrected chi connectivity index (χ0v) is 10.9. The molecule has 0 aromatic rings. The van der Waals surface area contributed by atoms with Gasteiger partial charge >= 0.3 is 5.97 Å². The van der Waals surface area contributed by atoms with Crippen LogP contribution in [0.1, 0.15) is 48.0 Å². The van der Waals surface area contributed by atoms with Crippen LogP contribution in [0.15, 0.2) is 0 Å². The molecule has 0 amide bonds. The summed E-state index contributed by atoms with van der Waals surface area (Å²) in [6.07, 6.45) is 0.774. The highest BCUT2D eigenvalue weighted by Gasteiger charge is 2.31. The normalized spacial score (nSPS) is 14.9. The van der Waals surface area contributed by atoms with Gasteiger partial charge in [-0.3, -0.25) is 4.79 Å². The summed E-state index contributed by atoms with van der Waals surface area (Å²) >= 11 is 0. The average molecular weight is 215 g/mol. The van der Waals surface area contributed by atoms with Gasteiger partial charge in [-0.2, -0.15) is 0 Å². The van der Waals surface area contributed by atoms with Crippen molar-refractivity contribution in [1.29, 1.82) is 0 Å². The fourth-order valence-electron chi connectivity index (χ4n) is 1.29. The second kappa shape index (κ2) is 4.97. The van der Waals surface area contributed by atoms with Crippen molar-refractivity contribution in [3.63, 3.8) is 0 Å².